The minimum Gasteiger partial charge on any atom is -0.435 e. The van der Waals surface area contributed by atoms with Crippen molar-refractivity contribution in [2.45, 2.75) is 13.0 Å². The average molecular weight is 340 g/mol. The molecule has 0 bridgehead atoms. The van der Waals surface area contributed by atoms with Crippen molar-refractivity contribution in [1.82, 2.24) is 4.57 Å². The Morgan fingerprint density at radius 2 is 1.76 bits per heavy atom. The number of alkyl halides is 2. The molecule has 0 aliphatic heterocycles. The van der Waals surface area contributed by atoms with Crippen LogP contribution in [0.15, 0.2) is 77.9 Å². The molecule has 0 radical (unpaired) electrons. The molecule has 0 saturated carbocycles. The molecule has 0 spiro atoms. The van der Waals surface area contributed by atoms with Crippen LogP contribution in [0.1, 0.15) is 11.1 Å². The van der Waals surface area contributed by atoms with Crippen LogP contribution in [-0.2, 0) is 13.5 Å². The molecule has 0 fully saturated rings. The maximum absolute atomic E-state index is 12.7. The minimum absolute atomic E-state index is 0.176. The Morgan fingerprint density at radius 3 is 2.48 bits per heavy atom. The van der Waals surface area contributed by atoms with Gasteiger partial charge < -0.3 is 9.30 Å². The van der Waals surface area contributed by atoms with Gasteiger partial charge in [0.15, 0.2) is 0 Å². The van der Waals surface area contributed by atoms with Crippen molar-refractivity contribution in [2.24, 2.45) is 12.0 Å². The van der Waals surface area contributed by atoms with Crippen LogP contribution in [0, 0.1) is 0 Å². The number of rotatable bonds is 5. The fourth-order valence-corrected chi connectivity index (χ4v) is 2.56. The molecule has 0 unspecified atom stereocenters. The van der Waals surface area contributed by atoms with Crippen molar-refractivity contribution < 1.29 is 13.5 Å². The van der Waals surface area contributed by atoms with E-state index in [1.807, 2.05) is 66.3 Å². The molecule has 3 aromatic rings. The zero-order valence-corrected chi connectivity index (χ0v) is 13.8. The Kier molecular flexibility index (Phi) is 5.23. The van der Waals surface area contributed by atoms with E-state index in [0.29, 0.717) is 17.7 Å². The zero-order chi connectivity index (χ0) is 17.6. The molecule has 25 heavy (non-hydrogen) atoms. The first-order chi connectivity index (χ1) is 12.1. The predicted octanol–water partition coefficient (Wildman–Crippen LogP) is 4.45. The zero-order valence-electron chi connectivity index (χ0n) is 13.8. The smallest absolute Gasteiger partial charge is 0.387 e. The van der Waals surface area contributed by atoms with Gasteiger partial charge in [-0.05, 0) is 35.9 Å². The van der Waals surface area contributed by atoms with Gasteiger partial charge in [0, 0.05) is 25.2 Å². The van der Waals surface area contributed by atoms with Crippen LogP contribution in [0.5, 0.6) is 5.75 Å². The molecule has 3 nitrogen and oxygen atoms in total. The molecule has 0 amide bonds. The normalized spacial score (nSPS) is 11.8. The van der Waals surface area contributed by atoms with Crippen LogP contribution in [0.3, 0.4) is 0 Å². The molecule has 1 aromatic heterocycles. The lowest BCUT2D eigenvalue weighted by molar-refractivity contribution is -0.0503. The number of pyridine rings is 1. The summed E-state index contributed by atoms with van der Waals surface area (Å²) in [6, 6.07) is 20.4. The van der Waals surface area contributed by atoms with Crippen LogP contribution >= 0.6 is 0 Å². The second-order valence-electron chi connectivity index (χ2n) is 5.61. The standard InChI is InChI=1S/C20H18F2N2O/c1-24-12-6-5-9-19(24)23-17-10-11-18(25-20(21)22)16(14-17)13-15-7-3-2-4-8-15/h2-12,14,20H,13H2,1H3. The second kappa shape index (κ2) is 7.75. The van der Waals surface area contributed by atoms with Crippen LogP contribution in [0.25, 0.3) is 0 Å². The number of aromatic nitrogens is 1. The molecule has 128 valence electrons. The summed E-state index contributed by atoms with van der Waals surface area (Å²) in [5.41, 5.74) is 3.15. The molecule has 0 N–H and O–H groups in total. The quantitative estimate of drug-likeness (QED) is 0.674. The third kappa shape index (κ3) is 4.53. The molecule has 0 atom stereocenters. The largest absolute Gasteiger partial charge is 0.435 e. The van der Waals surface area contributed by atoms with Crippen molar-refractivity contribution >= 4 is 5.69 Å². The highest BCUT2D eigenvalue weighted by Gasteiger charge is 2.11. The lowest BCUT2D eigenvalue weighted by atomic mass is 10.0. The summed E-state index contributed by atoms with van der Waals surface area (Å²) in [4.78, 5) is 4.58. The summed E-state index contributed by atoms with van der Waals surface area (Å²) in [5.74, 6) is 0.176. The van der Waals surface area contributed by atoms with Crippen molar-refractivity contribution in [3.8, 4) is 5.75 Å². The van der Waals surface area contributed by atoms with Gasteiger partial charge in [0.2, 0.25) is 0 Å². The van der Waals surface area contributed by atoms with E-state index in [0.717, 1.165) is 11.1 Å². The molecule has 1 heterocycles. The third-order valence-corrected chi connectivity index (χ3v) is 3.77. The summed E-state index contributed by atoms with van der Waals surface area (Å²) in [7, 11) is 1.90. The first-order valence-corrected chi connectivity index (χ1v) is 7.90. The number of aryl methyl sites for hydroxylation is 1. The number of nitrogens with zero attached hydrogens (tertiary/aromatic N) is 2. The van der Waals surface area contributed by atoms with Gasteiger partial charge >= 0.3 is 6.61 Å². The maximum Gasteiger partial charge on any atom is 0.387 e. The van der Waals surface area contributed by atoms with Crippen molar-refractivity contribution in [3.05, 3.63) is 89.5 Å². The van der Waals surface area contributed by atoms with Gasteiger partial charge in [0.1, 0.15) is 11.2 Å². The number of hydrogen-bond donors (Lipinski definition) is 0. The minimum atomic E-state index is -2.86. The van der Waals surface area contributed by atoms with Gasteiger partial charge in [0.25, 0.3) is 0 Å². The van der Waals surface area contributed by atoms with Crippen molar-refractivity contribution in [2.75, 3.05) is 0 Å². The van der Waals surface area contributed by atoms with Crippen LogP contribution < -0.4 is 10.2 Å². The molecule has 5 heteroatoms. The Hall–Kier alpha value is -2.95. The van der Waals surface area contributed by atoms with Crippen molar-refractivity contribution in [3.63, 3.8) is 0 Å². The van der Waals surface area contributed by atoms with E-state index in [9.17, 15) is 8.78 Å². The summed E-state index contributed by atoms with van der Waals surface area (Å²) in [6.45, 7) is -2.86. The summed E-state index contributed by atoms with van der Waals surface area (Å²) in [5, 5.41) is 0. The highest BCUT2D eigenvalue weighted by atomic mass is 19.3. The Bertz CT molecular complexity index is 905. The molecular weight excluding hydrogens is 322 g/mol. The van der Waals surface area contributed by atoms with E-state index < -0.39 is 6.61 Å². The molecule has 0 saturated heterocycles. The van der Waals surface area contributed by atoms with Crippen LogP contribution in [-0.4, -0.2) is 11.2 Å². The number of halogens is 2. The number of ether oxygens (including phenoxy) is 1. The predicted molar refractivity (Wildman–Crippen MR) is 93.0 cm³/mol. The van der Waals surface area contributed by atoms with Crippen molar-refractivity contribution in [1.29, 1.82) is 0 Å². The second-order valence-corrected chi connectivity index (χ2v) is 5.61. The van der Waals surface area contributed by atoms with E-state index in [1.165, 1.54) is 0 Å². The third-order valence-electron chi connectivity index (χ3n) is 3.77. The van der Waals surface area contributed by atoms with Gasteiger partial charge in [-0.3, -0.25) is 0 Å². The number of hydrogen-bond acceptors (Lipinski definition) is 2. The van der Waals surface area contributed by atoms with E-state index >= 15 is 0 Å². The number of benzene rings is 2. The molecule has 0 aliphatic rings. The SMILES string of the molecule is Cn1ccccc1=Nc1ccc(OC(F)F)c(Cc2ccccc2)c1. The van der Waals surface area contributed by atoms with E-state index in [1.54, 1.807) is 18.2 Å². The van der Waals surface area contributed by atoms with E-state index in [2.05, 4.69) is 9.73 Å². The topological polar surface area (TPSA) is 26.5 Å². The fraction of sp³-hybridized carbons (Fsp3) is 0.150. The van der Waals surface area contributed by atoms with Gasteiger partial charge in [-0.2, -0.15) is 8.78 Å². The van der Waals surface area contributed by atoms with E-state index in [4.69, 9.17) is 0 Å². The first kappa shape index (κ1) is 16.9. The Balaban J connectivity index is 2.00. The van der Waals surface area contributed by atoms with Crippen LogP contribution in [0.2, 0.25) is 0 Å². The Labute approximate surface area is 144 Å². The lowest BCUT2D eigenvalue weighted by Gasteiger charge is -2.12. The van der Waals surface area contributed by atoms with Gasteiger partial charge in [-0.25, -0.2) is 4.99 Å². The first-order valence-electron chi connectivity index (χ1n) is 7.90. The summed E-state index contributed by atoms with van der Waals surface area (Å²) < 4.78 is 31.9. The lowest BCUT2D eigenvalue weighted by Crippen LogP contribution is -2.15. The van der Waals surface area contributed by atoms with Gasteiger partial charge in [0.05, 0.1) is 5.69 Å². The highest BCUT2D eigenvalue weighted by Crippen LogP contribution is 2.28. The fourth-order valence-electron chi connectivity index (χ4n) is 2.56. The monoisotopic (exact) mass is 340 g/mol. The Morgan fingerprint density at radius 1 is 1.00 bits per heavy atom. The molecular formula is C20H18F2N2O. The van der Waals surface area contributed by atoms with Gasteiger partial charge in [-0.1, -0.05) is 36.4 Å². The van der Waals surface area contributed by atoms with E-state index in [-0.39, 0.29) is 5.75 Å². The van der Waals surface area contributed by atoms with Gasteiger partial charge in [-0.15, -0.1) is 0 Å². The maximum atomic E-state index is 12.7. The molecule has 2 aromatic carbocycles. The molecule has 0 aliphatic carbocycles. The summed E-state index contributed by atoms with van der Waals surface area (Å²) in [6.07, 6.45) is 2.39. The summed E-state index contributed by atoms with van der Waals surface area (Å²) >= 11 is 0. The van der Waals surface area contributed by atoms with Crippen LogP contribution in [0.4, 0.5) is 14.5 Å². The average Bonchev–Trinajstić information content (AvgIpc) is 2.60. The molecule has 3 rings (SSSR count). The highest BCUT2D eigenvalue weighted by molar-refractivity contribution is 5.49.